The van der Waals surface area contributed by atoms with Crippen LogP contribution in [0, 0.1) is 0 Å². The largest absolute Gasteiger partial charge is 0.458 e. The molecule has 1 aromatic carbocycles. The van der Waals surface area contributed by atoms with E-state index in [1.54, 1.807) is 0 Å². The lowest BCUT2D eigenvalue weighted by atomic mass is 9.99. The Morgan fingerprint density at radius 2 is 1.58 bits per heavy atom. The van der Waals surface area contributed by atoms with E-state index in [4.69, 9.17) is 5.73 Å². The third-order valence-electron chi connectivity index (χ3n) is 3.12. The van der Waals surface area contributed by atoms with Crippen molar-refractivity contribution in [1.29, 1.82) is 0 Å². The fourth-order valence-electron chi connectivity index (χ4n) is 1.77. The molecule has 0 aliphatic heterocycles. The van der Waals surface area contributed by atoms with Crippen LogP contribution in [0.4, 0.5) is 30.7 Å². The van der Waals surface area contributed by atoms with E-state index in [-0.39, 0.29) is 0 Å². The Bertz CT molecular complexity index is 508. The van der Waals surface area contributed by atoms with Gasteiger partial charge >= 0.3 is 12.1 Å². The molecular weight excluding hydrogens is 279 g/mol. The molecule has 2 rings (SSSR count). The molecule has 0 heterocycles. The van der Waals surface area contributed by atoms with Crippen LogP contribution in [0.1, 0.15) is 17.5 Å². The van der Waals surface area contributed by atoms with Gasteiger partial charge in [0.1, 0.15) is 5.54 Å². The van der Waals surface area contributed by atoms with Crippen LogP contribution in [-0.2, 0) is 11.5 Å². The first-order valence-electron chi connectivity index (χ1n) is 5.14. The van der Waals surface area contributed by atoms with Gasteiger partial charge < -0.3 is 5.73 Å². The van der Waals surface area contributed by atoms with Crippen molar-refractivity contribution < 1.29 is 30.7 Å². The van der Waals surface area contributed by atoms with E-state index >= 15 is 0 Å². The summed E-state index contributed by atoms with van der Waals surface area (Å²) in [6.45, 7) is 0. The highest BCUT2D eigenvalue weighted by Gasteiger charge is 2.70. The molecule has 1 aromatic rings. The van der Waals surface area contributed by atoms with Crippen LogP contribution in [0.3, 0.4) is 0 Å². The summed E-state index contributed by atoms with van der Waals surface area (Å²) in [6.07, 6.45) is -6.57. The summed E-state index contributed by atoms with van der Waals surface area (Å²) in [6, 6.07) is 2.78. The van der Waals surface area contributed by atoms with E-state index < -0.39 is 41.1 Å². The van der Waals surface area contributed by atoms with Crippen LogP contribution < -0.4 is 5.73 Å². The monoisotopic (exact) mass is 287 g/mol. The predicted octanol–water partition coefficient (Wildman–Crippen LogP) is 3.53. The molecule has 0 spiro atoms. The minimum absolute atomic E-state index is 0.383. The number of rotatable bonds is 2. The van der Waals surface area contributed by atoms with Crippen molar-refractivity contribution in [3.63, 3.8) is 0 Å². The van der Waals surface area contributed by atoms with Gasteiger partial charge in [-0.05, 0) is 11.6 Å². The lowest BCUT2D eigenvalue weighted by molar-refractivity contribution is -0.289. The van der Waals surface area contributed by atoms with Gasteiger partial charge in [-0.3, -0.25) is 0 Å². The van der Waals surface area contributed by atoms with E-state index in [0.29, 0.717) is 12.1 Å². The maximum Gasteiger partial charge on any atom is 0.458 e. The third-order valence-corrected chi connectivity index (χ3v) is 3.12. The van der Waals surface area contributed by atoms with E-state index in [1.807, 2.05) is 0 Å². The van der Waals surface area contributed by atoms with Gasteiger partial charge in [-0.25, -0.2) is 8.78 Å². The van der Waals surface area contributed by atoms with Gasteiger partial charge in [0.2, 0.25) is 0 Å². The molecule has 1 unspecified atom stereocenters. The smallest absolute Gasteiger partial charge is 0.316 e. The van der Waals surface area contributed by atoms with Crippen LogP contribution in [0.15, 0.2) is 24.3 Å². The van der Waals surface area contributed by atoms with Gasteiger partial charge in [0.15, 0.2) is 0 Å². The highest BCUT2D eigenvalue weighted by Crippen LogP contribution is 2.58. The van der Waals surface area contributed by atoms with E-state index in [2.05, 4.69) is 0 Å². The van der Waals surface area contributed by atoms with Gasteiger partial charge in [-0.1, -0.05) is 18.2 Å². The third kappa shape index (κ3) is 1.98. The van der Waals surface area contributed by atoms with Crippen molar-refractivity contribution >= 4 is 0 Å². The molecule has 0 bridgehead atoms. The molecule has 106 valence electrons. The highest BCUT2D eigenvalue weighted by atomic mass is 19.4. The predicted molar refractivity (Wildman–Crippen MR) is 51.8 cm³/mol. The van der Waals surface area contributed by atoms with Crippen molar-refractivity contribution in [2.45, 2.75) is 30.0 Å². The number of nitrogens with two attached hydrogens (primary N) is 1. The van der Waals surface area contributed by atoms with Crippen molar-refractivity contribution in [3.05, 3.63) is 35.4 Å². The summed E-state index contributed by atoms with van der Waals surface area (Å²) < 4.78 is 88.7. The van der Waals surface area contributed by atoms with Crippen molar-refractivity contribution in [1.82, 2.24) is 0 Å². The number of alkyl halides is 7. The van der Waals surface area contributed by atoms with Crippen LogP contribution in [0.25, 0.3) is 0 Å². The first kappa shape index (κ1) is 14.1. The second-order valence-corrected chi connectivity index (χ2v) is 4.51. The summed E-state index contributed by atoms with van der Waals surface area (Å²) in [4.78, 5) is 0. The van der Waals surface area contributed by atoms with Gasteiger partial charge in [-0.2, -0.15) is 22.0 Å². The molecule has 19 heavy (non-hydrogen) atoms. The molecule has 2 N–H and O–H groups in total. The fourth-order valence-corrected chi connectivity index (χ4v) is 1.77. The normalized spacial score (nSPS) is 26.3. The zero-order valence-electron chi connectivity index (χ0n) is 9.24. The SMILES string of the molecule is NC1(c2cccc(C(F)(F)C(F)(F)F)c2)CC1(F)F. The van der Waals surface area contributed by atoms with Crippen LogP contribution in [-0.4, -0.2) is 12.1 Å². The minimum atomic E-state index is -5.79. The Kier molecular flexibility index (Phi) is 2.69. The molecule has 1 aliphatic rings. The molecule has 0 amide bonds. The fraction of sp³-hybridized carbons (Fsp3) is 0.455. The number of hydrogen-bond donors (Lipinski definition) is 1. The molecule has 8 heteroatoms. The quantitative estimate of drug-likeness (QED) is 0.827. The van der Waals surface area contributed by atoms with E-state index in [9.17, 15) is 30.7 Å². The Labute approximate surface area is 103 Å². The lowest BCUT2D eigenvalue weighted by Gasteiger charge is -2.21. The minimum Gasteiger partial charge on any atom is -0.316 e. The van der Waals surface area contributed by atoms with Gasteiger partial charge in [-0.15, -0.1) is 0 Å². The van der Waals surface area contributed by atoms with Crippen molar-refractivity contribution in [2.75, 3.05) is 0 Å². The average Bonchev–Trinajstić information content (AvgIpc) is 2.78. The van der Waals surface area contributed by atoms with E-state index in [1.165, 1.54) is 0 Å². The zero-order valence-corrected chi connectivity index (χ0v) is 9.24. The van der Waals surface area contributed by atoms with Gasteiger partial charge in [0.05, 0.1) is 0 Å². The standard InChI is InChI=1S/C11H8F7N/c12-9(13)5-8(9,19)6-2-1-3-7(4-6)10(14,15)11(16,17)18/h1-4H,5,19H2. The van der Waals surface area contributed by atoms with Crippen LogP contribution >= 0.6 is 0 Å². The second-order valence-electron chi connectivity index (χ2n) is 4.51. The zero-order chi connectivity index (χ0) is 14.7. The Balaban J connectivity index is 2.42. The average molecular weight is 287 g/mol. The number of benzene rings is 1. The summed E-state index contributed by atoms with van der Waals surface area (Å²) in [5.41, 5.74) is 1.30. The molecule has 0 aromatic heterocycles. The lowest BCUT2D eigenvalue weighted by Crippen LogP contribution is -2.34. The van der Waals surface area contributed by atoms with Crippen molar-refractivity contribution in [2.24, 2.45) is 5.73 Å². The summed E-state index contributed by atoms with van der Waals surface area (Å²) in [5, 5.41) is 0. The molecule has 0 saturated heterocycles. The molecule has 1 aliphatic carbocycles. The molecule has 1 atom stereocenters. The molecule has 1 saturated carbocycles. The molecular formula is C11H8F7N. The summed E-state index contributed by atoms with van der Waals surface area (Å²) in [5.74, 6) is -8.40. The van der Waals surface area contributed by atoms with Gasteiger partial charge in [0, 0.05) is 12.0 Å². The number of halogens is 7. The molecule has 0 radical (unpaired) electrons. The highest BCUT2D eigenvalue weighted by molar-refractivity contribution is 5.39. The topological polar surface area (TPSA) is 26.0 Å². The first-order chi connectivity index (χ1) is 8.42. The Morgan fingerprint density at radius 1 is 1.05 bits per heavy atom. The van der Waals surface area contributed by atoms with Crippen LogP contribution in [0.2, 0.25) is 0 Å². The van der Waals surface area contributed by atoms with Crippen molar-refractivity contribution in [3.8, 4) is 0 Å². The van der Waals surface area contributed by atoms with Crippen LogP contribution in [0.5, 0.6) is 0 Å². The summed E-state index contributed by atoms with van der Waals surface area (Å²) in [7, 11) is 0. The molecule has 1 fully saturated rings. The molecule has 1 nitrogen and oxygen atoms in total. The van der Waals surface area contributed by atoms with Gasteiger partial charge in [0.25, 0.3) is 5.92 Å². The Morgan fingerprint density at radius 3 is 2.00 bits per heavy atom. The Hall–Kier alpha value is -1.31. The maximum atomic E-state index is 13.1. The number of hydrogen-bond acceptors (Lipinski definition) is 1. The maximum absolute atomic E-state index is 13.1. The summed E-state index contributed by atoms with van der Waals surface area (Å²) >= 11 is 0. The second kappa shape index (κ2) is 3.62. The first-order valence-corrected chi connectivity index (χ1v) is 5.14. The van der Waals surface area contributed by atoms with E-state index in [0.717, 1.165) is 12.1 Å².